The molecular weight excluding hydrogens is 374 g/mol. The summed E-state index contributed by atoms with van der Waals surface area (Å²) in [6.45, 7) is 6.61. The number of carbonyl (C=O) groups is 2. The molecule has 3 aromatic rings. The van der Waals surface area contributed by atoms with Crippen molar-refractivity contribution in [3.05, 3.63) is 65.4 Å². The number of aromatic amines is 1. The third-order valence-electron chi connectivity index (χ3n) is 6.53. The van der Waals surface area contributed by atoms with Crippen LogP contribution in [0.4, 0.5) is 5.69 Å². The Kier molecular flexibility index (Phi) is 4.24. The van der Waals surface area contributed by atoms with E-state index in [-0.39, 0.29) is 17.9 Å². The highest BCUT2D eigenvalue weighted by atomic mass is 16.2. The number of H-pyrrole nitrogens is 1. The van der Waals surface area contributed by atoms with Crippen molar-refractivity contribution in [3.8, 4) is 0 Å². The summed E-state index contributed by atoms with van der Waals surface area (Å²) in [6, 6.07) is 16.1. The summed E-state index contributed by atoms with van der Waals surface area (Å²) in [5.41, 5.74) is 3.71. The molecule has 5 rings (SSSR count). The highest BCUT2D eigenvalue weighted by Gasteiger charge is 2.60. The number of fused-ring (bicyclic) bond motifs is 6. The Hall–Kier alpha value is -3.08. The maximum absolute atomic E-state index is 14.3. The van der Waals surface area contributed by atoms with Gasteiger partial charge in [0.2, 0.25) is 5.91 Å². The standard InChI is InChI=1S/C25H27N3O2/c1-4-9-22(29)27-15-14-18-17-10-5-7-12-20(17)26-23(18)25(27)19-11-6-8-13-21(19)28(16(2)3)24(25)30/h5-8,10-13,16,26H,4,9,14-15H2,1-3H3/t25-/m1/s1. The van der Waals surface area contributed by atoms with Crippen molar-refractivity contribution in [2.45, 2.75) is 51.6 Å². The Morgan fingerprint density at radius 3 is 2.63 bits per heavy atom. The van der Waals surface area contributed by atoms with Crippen molar-refractivity contribution in [2.24, 2.45) is 0 Å². The van der Waals surface area contributed by atoms with Gasteiger partial charge in [-0.15, -0.1) is 0 Å². The van der Waals surface area contributed by atoms with Gasteiger partial charge in [0, 0.05) is 35.5 Å². The molecule has 2 aliphatic heterocycles. The van der Waals surface area contributed by atoms with Gasteiger partial charge in [0.1, 0.15) is 0 Å². The van der Waals surface area contributed by atoms with Crippen molar-refractivity contribution in [1.29, 1.82) is 0 Å². The molecule has 3 heterocycles. The van der Waals surface area contributed by atoms with Gasteiger partial charge in [0.15, 0.2) is 5.54 Å². The second-order valence-corrected chi connectivity index (χ2v) is 8.57. The van der Waals surface area contributed by atoms with Crippen LogP contribution in [0.3, 0.4) is 0 Å². The zero-order chi connectivity index (χ0) is 21.0. The third-order valence-corrected chi connectivity index (χ3v) is 6.53. The van der Waals surface area contributed by atoms with E-state index in [9.17, 15) is 9.59 Å². The summed E-state index contributed by atoms with van der Waals surface area (Å²) in [5, 5.41) is 1.14. The highest BCUT2D eigenvalue weighted by molar-refractivity contribution is 6.13. The van der Waals surface area contributed by atoms with Crippen LogP contribution < -0.4 is 4.90 Å². The van der Waals surface area contributed by atoms with Crippen molar-refractivity contribution < 1.29 is 9.59 Å². The van der Waals surface area contributed by atoms with Crippen LogP contribution in [-0.2, 0) is 21.5 Å². The number of benzene rings is 2. The fraction of sp³-hybridized carbons (Fsp3) is 0.360. The van der Waals surface area contributed by atoms with Crippen LogP contribution >= 0.6 is 0 Å². The number of nitrogens with one attached hydrogen (secondary N) is 1. The van der Waals surface area contributed by atoms with E-state index >= 15 is 0 Å². The summed E-state index contributed by atoms with van der Waals surface area (Å²) >= 11 is 0. The Balaban J connectivity index is 1.86. The molecule has 5 heteroatoms. The molecule has 1 aromatic heterocycles. The molecule has 30 heavy (non-hydrogen) atoms. The maximum atomic E-state index is 14.3. The van der Waals surface area contributed by atoms with Gasteiger partial charge in [-0.3, -0.25) is 9.59 Å². The van der Waals surface area contributed by atoms with Gasteiger partial charge in [-0.25, -0.2) is 0 Å². The van der Waals surface area contributed by atoms with Crippen LogP contribution in [0.15, 0.2) is 48.5 Å². The minimum absolute atomic E-state index is 0.00379. The second-order valence-electron chi connectivity index (χ2n) is 8.57. The van der Waals surface area contributed by atoms with E-state index in [4.69, 9.17) is 0 Å². The molecule has 5 nitrogen and oxygen atoms in total. The van der Waals surface area contributed by atoms with Crippen molar-refractivity contribution in [1.82, 2.24) is 9.88 Å². The molecule has 0 aliphatic carbocycles. The number of aromatic nitrogens is 1. The minimum atomic E-state index is -1.13. The van der Waals surface area contributed by atoms with Gasteiger partial charge in [-0.05, 0) is 44.4 Å². The quantitative estimate of drug-likeness (QED) is 0.709. The number of rotatable bonds is 3. The van der Waals surface area contributed by atoms with Gasteiger partial charge >= 0.3 is 0 Å². The molecule has 0 fully saturated rings. The summed E-state index contributed by atoms with van der Waals surface area (Å²) < 4.78 is 0. The van der Waals surface area contributed by atoms with Gasteiger partial charge in [-0.1, -0.05) is 43.3 Å². The Morgan fingerprint density at radius 2 is 1.87 bits per heavy atom. The molecule has 0 unspecified atom stereocenters. The second kappa shape index (κ2) is 6.73. The number of para-hydroxylation sites is 2. The smallest absolute Gasteiger partial charge is 0.264 e. The number of hydrogen-bond acceptors (Lipinski definition) is 2. The average molecular weight is 402 g/mol. The first-order valence-corrected chi connectivity index (χ1v) is 10.9. The molecule has 1 spiro atoms. The number of nitrogens with zero attached hydrogens (tertiary/aromatic N) is 2. The molecule has 2 aromatic carbocycles. The molecule has 1 N–H and O–H groups in total. The zero-order valence-electron chi connectivity index (χ0n) is 17.7. The lowest BCUT2D eigenvalue weighted by atomic mass is 9.79. The molecule has 0 bridgehead atoms. The lowest BCUT2D eigenvalue weighted by Crippen LogP contribution is -2.59. The SMILES string of the molecule is CCCC(=O)N1CCc2c([nH]c3ccccc23)[C@]12C(=O)N(C(C)C)c1ccccc12. The number of carbonyl (C=O) groups excluding carboxylic acids is 2. The first-order valence-electron chi connectivity index (χ1n) is 10.9. The first kappa shape index (κ1) is 18.9. The van der Waals surface area contributed by atoms with Gasteiger partial charge < -0.3 is 14.8 Å². The number of anilines is 1. The predicted molar refractivity (Wildman–Crippen MR) is 118 cm³/mol. The lowest BCUT2D eigenvalue weighted by molar-refractivity contribution is -0.145. The van der Waals surface area contributed by atoms with E-state index in [1.807, 2.05) is 73.0 Å². The van der Waals surface area contributed by atoms with Crippen LogP contribution in [0.1, 0.15) is 50.4 Å². The maximum Gasteiger partial charge on any atom is 0.264 e. The van der Waals surface area contributed by atoms with Gasteiger partial charge in [0.25, 0.3) is 5.91 Å². The van der Waals surface area contributed by atoms with Crippen molar-refractivity contribution in [3.63, 3.8) is 0 Å². The summed E-state index contributed by atoms with van der Waals surface area (Å²) in [4.78, 5) is 34.9. The van der Waals surface area contributed by atoms with E-state index in [1.165, 1.54) is 0 Å². The third kappa shape index (κ3) is 2.29. The number of amides is 2. The van der Waals surface area contributed by atoms with Gasteiger partial charge in [-0.2, -0.15) is 0 Å². The molecular formula is C25H27N3O2. The molecule has 0 radical (unpaired) electrons. The molecule has 0 saturated heterocycles. The largest absolute Gasteiger partial charge is 0.355 e. The van der Waals surface area contributed by atoms with E-state index in [2.05, 4.69) is 11.1 Å². The van der Waals surface area contributed by atoms with E-state index in [0.717, 1.165) is 46.3 Å². The molecule has 1 atom stereocenters. The first-order chi connectivity index (χ1) is 14.5. The van der Waals surface area contributed by atoms with Crippen LogP contribution in [0.5, 0.6) is 0 Å². The van der Waals surface area contributed by atoms with Crippen LogP contribution in [0.2, 0.25) is 0 Å². The fourth-order valence-electron chi connectivity index (χ4n) is 5.36. The fourth-order valence-corrected chi connectivity index (χ4v) is 5.36. The normalized spacial score (nSPS) is 20.3. The van der Waals surface area contributed by atoms with Crippen molar-refractivity contribution in [2.75, 3.05) is 11.4 Å². The Labute approximate surface area is 176 Å². The van der Waals surface area contributed by atoms with E-state index < -0.39 is 5.54 Å². The van der Waals surface area contributed by atoms with Crippen LogP contribution in [-0.4, -0.2) is 34.3 Å². The molecule has 2 amide bonds. The summed E-state index contributed by atoms with van der Waals surface area (Å²) in [7, 11) is 0. The highest BCUT2D eigenvalue weighted by Crippen LogP contribution is 2.52. The topological polar surface area (TPSA) is 56.4 Å². The van der Waals surface area contributed by atoms with Crippen LogP contribution in [0.25, 0.3) is 10.9 Å². The lowest BCUT2D eigenvalue weighted by Gasteiger charge is -2.44. The Morgan fingerprint density at radius 1 is 1.13 bits per heavy atom. The zero-order valence-corrected chi connectivity index (χ0v) is 17.7. The monoisotopic (exact) mass is 401 g/mol. The predicted octanol–water partition coefficient (Wildman–Crippen LogP) is 4.35. The van der Waals surface area contributed by atoms with Crippen molar-refractivity contribution >= 4 is 28.4 Å². The van der Waals surface area contributed by atoms with Crippen LogP contribution in [0, 0.1) is 0 Å². The Bertz CT molecular complexity index is 1160. The molecule has 154 valence electrons. The van der Waals surface area contributed by atoms with E-state index in [0.29, 0.717) is 13.0 Å². The number of hydrogen-bond donors (Lipinski definition) is 1. The van der Waals surface area contributed by atoms with E-state index in [1.54, 1.807) is 0 Å². The molecule has 0 saturated carbocycles. The van der Waals surface area contributed by atoms with Gasteiger partial charge in [0.05, 0.1) is 11.4 Å². The average Bonchev–Trinajstić information content (AvgIpc) is 3.23. The summed E-state index contributed by atoms with van der Waals surface area (Å²) in [5.74, 6) is 0.00576. The molecule has 2 aliphatic rings. The summed E-state index contributed by atoms with van der Waals surface area (Å²) in [6.07, 6.45) is 1.94. The minimum Gasteiger partial charge on any atom is -0.355 e.